The smallest absolute Gasteiger partial charge is 0.416 e. The molecule has 1 aromatic carbocycles. The summed E-state index contributed by atoms with van der Waals surface area (Å²) < 4.78 is 76.6. The van der Waals surface area contributed by atoms with Gasteiger partial charge in [-0.2, -0.15) is 26.3 Å². The fourth-order valence-corrected chi connectivity index (χ4v) is 2.56. The van der Waals surface area contributed by atoms with E-state index < -0.39 is 35.9 Å². The van der Waals surface area contributed by atoms with Crippen LogP contribution in [0.3, 0.4) is 0 Å². The van der Waals surface area contributed by atoms with Crippen LogP contribution in [0.15, 0.2) is 23.6 Å². The van der Waals surface area contributed by atoms with Crippen molar-refractivity contribution in [1.29, 1.82) is 0 Å². The van der Waals surface area contributed by atoms with Crippen LogP contribution in [-0.4, -0.2) is 16.1 Å². The fourth-order valence-electron chi connectivity index (χ4n) is 1.75. The van der Waals surface area contributed by atoms with Crippen LogP contribution in [0.25, 0.3) is 10.6 Å². The van der Waals surface area contributed by atoms with E-state index in [1.165, 1.54) is 5.38 Å². The van der Waals surface area contributed by atoms with Gasteiger partial charge >= 0.3 is 18.3 Å². The summed E-state index contributed by atoms with van der Waals surface area (Å²) in [5.41, 5.74) is -3.20. The van der Waals surface area contributed by atoms with Gasteiger partial charge < -0.3 is 5.11 Å². The molecule has 0 aliphatic carbocycles. The highest BCUT2D eigenvalue weighted by Crippen LogP contribution is 2.39. The number of hydrogen-bond acceptors (Lipinski definition) is 3. The first-order valence-electron chi connectivity index (χ1n) is 5.93. The molecule has 0 fully saturated rings. The Balaban J connectivity index is 2.53. The van der Waals surface area contributed by atoms with Crippen molar-refractivity contribution < 1.29 is 36.2 Å². The van der Waals surface area contributed by atoms with E-state index in [0.717, 1.165) is 11.3 Å². The number of rotatable bonds is 3. The highest BCUT2D eigenvalue weighted by Gasteiger charge is 2.37. The molecule has 0 saturated heterocycles. The number of nitrogens with zero attached hydrogens (tertiary/aromatic N) is 1. The van der Waals surface area contributed by atoms with Gasteiger partial charge in [0.1, 0.15) is 5.01 Å². The summed E-state index contributed by atoms with van der Waals surface area (Å²) in [4.78, 5) is 14.3. The summed E-state index contributed by atoms with van der Waals surface area (Å²) in [6.45, 7) is 0. The number of carbonyl (C=O) groups is 1. The fraction of sp³-hybridized carbons (Fsp3) is 0.231. The number of hydrogen-bond donors (Lipinski definition) is 1. The number of halogens is 6. The molecule has 0 unspecified atom stereocenters. The van der Waals surface area contributed by atoms with E-state index in [1.54, 1.807) is 0 Å². The van der Waals surface area contributed by atoms with Crippen LogP contribution in [0.2, 0.25) is 0 Å². The first kappa shape index (κ1) is 17.3. The molecule has 0 saturated carbocycles. The zero-order chi connectivity index (χ0) is 17.4. The first-order chi connectivity index (χ1) is 10.5. The Morgan fingerprint density at radius 3 is 2.00 bits per heavy atom. The SMILES string of the molecule is O=C(O)Cc1csc(-c2cc(C(F)(F)F)cc(C(F)(F)F)c2)n1. The molecule has 0 amide bonds. The largest absolute Gasteiger partial charge is 0.481 e. The average Bonchev–Trinajstić information content (AvgIpc) is 2.83. The second-order valence-corrected chi connectivity index (χ2v) is 5.37. The highest BCUT2D eigenvalue weighted by molar-refractivity contribution is 7.13. The van der Waals surface area contributed by atoms with Gasteiger partial charge in [0.05, 0.1) is 23.2 Å². The number of carboxylic acid groups (broad SMARTS) is 1. The van der Waals surface area contributed by atoms with Gasteiger partial charge in [-0.05, 0) is 18.2 Å². The highest BCUT2D eigenvalue weighted by atomic mass is 32.1. The molecular formula is C13H7F6NO2S. The Morgan fingerprint density at radius 1 is 1.04 bits per heavy atom. The van der Waals surface area contributed by atoms with Crippen molar-refractivity contribution in [2.24, 2.45) is 0 Å². The van der Waals surface area contributed by atoms with Crippen LogP contribution in [-0.2, 0) is 23.6 Å². The quantitative estimate of drug-likeness (QED) is 0.827. The lowest BCUT2D eigenvalue weighted by atomic mass is 10.1. The van der Waals surface area contributed by atoms with Crippen molar-refractivity contribution >= 4 is 17.3 Å². The minimum Gasteiger partial charge on any atom is -0.481 e. The third-order valence-electron chi connectivity index (χ3n) is 2.72. The van der Waals surface area contributed by atoms with E-state index in [1.807, 2.05) is 0 Å². The lowest BCUT2D eigenvalue weighted by Crippen LogP contribution is -2.11. The number of aliphatic carboxylic acids is 1. The van der Waals surface area contributed by atoms with Gasteiger partial charge in [-0.25, -0.2) is 4.98 Å². The predicted molar refractivity (Wildman–Crippen MR) is 68.9 cm³/mol. The standard InChI is InChI=1S/C13H7F6NO2S/c14-12(15,16)7-1-6(2-8(3-7)13(17,18)19)11-20-9(5-23-11)4-10(21)22/h1-3,5H,4H2,(H,21,22). The Bertz CT molecular complexity index is 703. The Hall–Kier alpha value is -2.10. The van der Waals surface area contributed by atoms with Gasteiger partial charge in [-0.3, -0.25) is 4.79 Å². The van der Waals surface area contributed by atoms with Crippen LogP contribution >= 0.6 is 11.3 Å². The van der Waals surface area contributed by atoms with Crippen LogP contribution in [0, 0.1) is 0 Å². The van der Waals surface area contributed by atoms with E-state index in [9.17, 15) is 31.1 Å². The van der Waals surface area contributed by atoms with Crippen molar-refractivity contribution in [2.75, 3.05) is 0 Å². The maximum Gasteiger partial charge on any atom is 0.416 e. The maximum absolute atomic E-state index is 12.8. The molecule has 23 heavy (non-hydrogen) atoms. The van der Waals surface area contributed by atoms with E-state index in [2.05, 4.69) is 4.98 Å². The number of carboxylic acids is 1. The molecule has 2 aromatic rings. The van der Waals surface area contributed by atoms with Gasteiger partial charge in [0, 0.05) is 10.9 Å². The summed E-state index contributed by atoms with van der Waals surface area (Å²) in [5, 5.41) is 9.78. The summed E-state index contributed by atoms with van der Waals surface area (Å²) in [6.07, 6.45) is -10.4. The molecule has 10 heteroatoms. The van der Waals surface area contributed by atoms with E-state index in [0.29, 0.717) is 12.1 Å². The normalized spacial score (nSPS) is 12.4. The van der Waals surface area contributed by atoms with E-state index in [-0.39, 0.29) is 22.3 Å². The minimum absolute atomic E-state index is 0.0231. The molecule has 1 aromatic heterocycles. The molecule has 0 atom stereocenters. The Labute approximate surface area is 129 Å². The van der Waals surface area contributed by atoms with Gasteiger partial charge in [0.15, 0.2) is 0 Å². The van der Waals surface area contributed by atoms with Crippen molar-refractivity contribution in [1.82, 2.24) is 4.98 Å². The van der Waals surface area contributed by atoms with Crippen LogP contribution in [0.4, 0.5) is 26.3 Å². The second kappa shape index (κ2) is 5.84. The molecule has 2 rings (SSSR count). The van der Waals surface area contributed by atoms with Crippen molar-refractivity contribution in [3.8, 4) is 10.6 Å². The molecule has 0 aliphatic rings. The third-order valence-corrected chi connectivity index (χ3v) is 3.66. The van der Waals surface area contributed by atoms with E-state index >= 15 is 0 Å². The van der Waals surface area contributed by atoms with Gasteiger partial charge in [-0.1, -0.05) is 0 Å². The average molecular weight is 355 g/mol. The van der Waals surface area contributed by atoms with Crippen LogP contribution in [0.1, 0.15) is 16.8 Å². The Kier molecular flexibility index (Phi) is 4.38. The number of benzene rings is 1. The summed E-state index contributed by atoms with van der Waals surface area (Å²) in [5.74, 6) is -1.21. The molecule has 3 nitrogen and oxygen atoms in total. The van der Waals surface area contributed by atoms with Crippen molar-refractivity contribution in [3.63, 3.8) is 0 Å². The third kappa shape index (κ3) is 4.21. The summed E-state index contributed by atoms with van der Waals surface area (Å²) in [7, 11) is 0. The lowest BCUT2D eigenvalue weighted by molar-refractivity contribution is -0.143. The second-order valence-electron chi connectivity index (χ2n) is 4.51. The Morgan fingerprint density at radius 2 is 1.57 bits per heavy atom. The van der Waals surface area contributed by atoms with Gasteiger partial charge in [0.25, 0.3) is 0 Å². The molecule has 1 N–H and O–H groups in total. The van der Waals surface area contributed by atoms with Crippen LogP contribution < -0.4 is 0 Å². The summed E-state index contributed by atoms with van der Waals surface area (Å²) >= 11 is 0.774. The monoisotopic (exact) mass is 355 g/mol. The molecule has 0 bridgehead atoms. The zero-order valence-corrected chi connectivity index (χ0v) is 11.8. The number of aromatic nitrogens is 1. The van der Waals surface area contributed by atoms with Crippen molar-refractivity contribution in [3.05, 3.63) is 40.4 Å². The van der Waals surface area contributed by atoms with E-state index in [4.69, 9.17) is 5.11 Å². The van der Waals surface area contributed by atoms with Gasteiger partial charge in [0.2, 0.25) is 0 Å². The molecular weight excluding hydrogens is 348 g/mol. The predicted octanol–water partition coefficient (Wildman–Crippen LogP) is 4.47. The molecule has 1 heterocycles. The number of alkyl halides is 6. The van der Waals surface area contributed by atoms with Crippen LogP contribution in [0.5, 0.6) is 0 Å². The molecule has 0 radical (unpaired) electrons. The molecule has 0 spiro atoms. The van der Waals surface area contributed by atoms with Crippen molar-refractivity contribution in [2.45, 2.75) is 18.8 Å². The maximum atomic E-state index is 12.8. The zero-order valence-electron chi connectivity index (χ0n) is 11.0. The molecule has 124 valence electrons. The molecule has 0 aliphatic heterocycles. The number of thiazole rings is 1. The first-order valence-corrected chi connectivity index (χ1v) is 6.81. The minimum atomic E-state index is -4.95. The van der Waals surface area contributed by atoms with Gasteiger partial charge in [-0.15, -0.1) is 11.3 Å². The summed E-state index contributed by atoms with van der Waals surface area (Å²) in [6, 6.07) is 1.13. The lowest BCUT2D eigenvalue weighted by Gasteiger charge is -2.13. The topological polar surface area (TPSA) is 50.2 Å².